The summed E-state index contributed by atoms with van der Waals surface area (Å²) in [4.78, 5) is 0. The van der Waals surface area contributed by atoms with E-state index in [-0.39, 0.29) is 5.82 Å². The number of halogens is 1. The highest BCUT2D eigenvalue weighted by molar-refractivity contribution is 5.56. The van der Waals surface area contributed by atoms with Crippen LogP contribution in [0.1, 0.15) is 5.69 Å². The second-order valence-electron chi connectivity index (χ2n) is 3.81. The number of methoxy groups -OCH3 is 1. The topological polar surface area (TPSA) is 26.2 Å². The molecule has 0 unspecified atom stereocenters. The number of aromatic nitrogens is 1. The molecule has 17 heavy (non-hydrogen) atoms. The van der Waals surface area contributed by atoms with E-state index in [1.807, 2.05) is 29.9 Å². The van der Waals surface area contributed by atoms with Crippen LogP contribution in [0.15, 0.2) is 36.5 Å². The zero-order chi connectivity index (χ0) is 12.3. The summed E-state index contributed by atoms with van der Waals surface area (Å²) in [6.07, 6.45) is 1.99. The molecule has 2 aromatic rings. The minimum atomic E-state index is -0.300. The van der Waals surface area contributed by atoms with E-state index < -0.39 is 0 Å². The molecule has 0 radical (unpaired) electrons. The monoisotopic (exact) mass is 234 g/mol. The highest BCUT2D eigenvalue weighted by Gasteiger charge is 2.04. The number of anilines is 1. The maximum absolute atomic E-state index is 13.0. The SMILES string of the molecule is COc1cc(F)ccc1NCc1cccn1C. The Morgan fingerprint density at radius 1 is 1.35 bits per heavy atom. The molecule has 3 nitrogen and oxygen atoms in total. The van der Waals surface area contributed by atoms with Gasteiger partial charge in [0.1, 0.15) is 11.6 Å². The molecule has 0 spiro atoms. The highest BCUT2D eigenvalue weighted by Crippen LogP contribution is 2.25. The number of benzene rings is 1. The molecule has 1 aromatic heterocycles. The molecular weight excluding hydrogens is 219 g/mol. The van der Waals surface area contributed by atoms with Crippen LogP contribution in [0.2, 0.25) is 0 Å². The summed E-state index contributed by atoms with van der Waals surface area (Å²) < 4.78 is 20.1. The second-order valence-corrected chi connectivity index (χ2v) is 3.81. The van der Waals surface area contributed by atoms with E-state index in [0.717, 1.165) is 11.4 Å². The molecule has 90 valence electrons. The first kappa shape index (κ1) is 11.5. The van der Waals surface area contributed by atoms with E-state index in [2.05, 4.69) is 5.32 Å². The molecule has 0 aliphatic heterocycles. The van der Waals surface area contributed by atoms with Crippen molar-refractivity contribution in [1.82, 2.24) is 4.57 Å². The van der Waals surface area contributed by atoms with E-state index in [1.165, 1.54) is 19.2 Å². The molecule has 1 aromatic carbocycles. The van der Waals surface area contributed by atoms with Crippen molar-refractivity contribution < 1.29 is 9.13 Å². The maximum Gasteiger partial charge on any atom is 0.144 e. The van der Waals surface area contributed by atoms with E-state index in [0.29, 0.717) is 12.3 Å². The summed E-state index contributed by atoms with van der Waals surface area (Å²) in [6.45, 7) is 0.672. The van der Waals surface area contributed by atoms with Gasteiger partial charge in [0.05, 0.1) is 19.3 Å². The normalized spacial score (nSPS) is 10.3. The zero-order valence-electron chi connectivity index (χ0n) is 9.90. The van der Waals surface area contributed by atoms with Gasteiger partial charge >= 0.3 is 0 Å². The first-order valence-corrected chi connectivity index (χ1v) is 5.38. The van der Waals surface area contributed by atoms with Gasteiger partial charge in [0.25, 0.3) is 0 Å². The number of ether oxygens (including phenoxy) is 1. The summed E-state index contributed by atoms with van der Waals surface area (Å²) >= 11 is 0. The van der Waals surface area contributed by atoms with Gasteiger partial charge in [-0.2, -0.15) is 0 Å². The minimum absolute atomic E-state index is 0.300. The Balaban J connectivity index is 2.11. The van der Waals surface area contributed by atoms with Gasteiger partial charge in [-0.3, -0.25) is 0 Å². The average molecular weight is 234 g/mol. The quantitative estimate of drug-likeness (QED) is 0.880. The minimum Gasteiger partial charge on any atom is -0.494 e. The predicted molar refractivity (Wildman–Crippen MR) is 65.7 cm³/mol. The van der Waals surface area contributed by atoms with Crippen LogP contribution in [0.4, 0.5) is 10.1 Å². The molecule has 2 rings (SSSR count). The van der Waals surface area contributed by atoms with Crippen molar-refractivity contribution in [3.8, 4) is 5.75 Å². The van der Waals surface area contributed by atoms with Gasteiger partial charge in [-0.15, -0.1) is 0 Å². The Bertz CT molecular complexity index is 508. The Morgan fingerprint density at radius 2 is 2.18 bits per heavy atom. The largest absolute Gasteiger partial charge is 0.494 e. The molecule has 4 heteroatoms. The van der Waals surface area contributed by atoms with E-state index in [4.69, 9.17) is 4.74 Å². The summed E-state index contributed by atoms with van der Waals surface area (Å²) in [5, 5.41) is 3.22. The molecule has 0 aliphatic carbocycles. The molecule has 0 amide bonds. The van der Waals surface area contributed by atoms with Gasteiger partial charge in [-0.1, -0.05) is 0 Å². The summed E-state index contributed by atoms with van der Waals surface area (Å²) in [5.74, 6) is 0.213. The van der Waals surface area contributed by atoms with E-state index >= 15 is 0 Å². The van der Waals surface area contributed by atoms with Crippen LogP contribution in [-0.4, -0.2) is 11.7 Å². The van der Waals surface area contributed by atoms with Crippen LogP contribution in [0.25, 0.3) is 0 Å². The second kappa shape index (κ2) is 4.91. The lowest BCUT2D eigenvalue weighted by atomic mass is 10.2. The van der Waals surface area contributed by atoms with Gasteiger partial charge in [0.15, 0.2) is 0 Å². The highest BCUT2D eigenvalue weighted by atomic mass is 19.1. The van der Waals surface area contributed by atoms with E-state index in [1.54, 1.807) is 6.07 Å². The van der Waals surface area contributed by atoms with Crippen LogP contribution in [0, 0.1) is 5.82 Å². The van der Waals surface area contributed by atoms with Gasteiger partial charge in [-0.25, -0.2) is 4.39 Å². The Hall–Kier alpha value is -1.97. The lowest BCUT2D eigenvalue weighted by Crippen LogP contribution is -2.05. The Kier molecular flexibility index (Phi) is 3.32. The molecule has 0 saturated heterocycles. The number of rotatable bonds is 4. The summed E-state index contributed by atoms with van der Waals surface area (Å²) in [6, 6.07) is 8.47. The van der Waals surface area contributed by atoms with Crippen molar-refractivity contribution in [2.24, 2.45) is 7.05 Å². The average Bonchev–Trinajstić information content (AvgIpc) is 2.73. The van der Waals surface area contributed by atoms with Crippen LogP contribution in [-0.2, 0) is 13.6 Å². The lowest BCUT2D eigenvalue weighted by Gasteiger charge is -2.11. The summed E-state index contributed by atoms with van der Waals surface area (Å²) in [5.41, 5.74) is 1.94. The lowest BCUT2D eigenvalue weighted by molar-refractivity contribution is 0.413. The molecular formula is C13H15FN2O. The molecule has 0 fully saturated rings. The van der Waals surface area contributed by atoms with Crippen molar-refractivity contribution >= 4 is 5.69 Å². The van der Waals surface area contributed by atoms with Crippen LogP contribution >= 0.6 is 0 Å². The number of hydrogen-bond acceptors (Lipinski definition) is 2. The van der Waals surface area contributed by atoms with Gasteiger partial charge in [-0.05, 0) is 24.3 Å². The maximum atomic E-state index is 13.0. The van der Waals surface area contributed by atoms with E-state index in [9.17, 15) is 4.39 Å². The van der Waals surface area contributed by atoms with Crippen LogP contribution in [0.3, 0.4) is 0 Å². The van der Waals surface area contributed by atoms with Crippen LogP contribution < -0.4 is 10.1 Å². The fourth-order valence-corrected chi connectivity index (χ4v) is 1.68. The van der Waals surface area contributed by atoms with Crippen molar-refractivity contribution in [2.75, 3.05) is 12.4 Å². The van der Waals surface area contributed by atoms with Crippen LogP contribution in [0.5, 0.6) is 5.75 Å². The van der Waals surface area contributed by atoms with Crippen molar-refractivity contribution in [3.05, 3.63) is 48.0 Å². The predicted octanol–water partition coefficient (Wildman–Crippen LogP) is 2.78. The molecule has 1 N–H and O–H groups in total. The number of nitrogens with one attached hydrogen (secondary N) is 1. The molecule has 0 atom stereocenters. The smallest absolute Gasteiger partial charge is 0.144 e. The third-order valence-electron chi connectivity index (χ3n) is 2.67. The van der Waals surface area contributed by atoms with Gasteiger partial charge in [0.2, 0.25) is 0 Å². The number of aryl methyl sites for hydroxylation is 1. The summed E-state index contributed by atoms with van der Waals surface area (Å²) in [7, 11) is 3.52. The third-order valence-corrected chi connectivity index (χ3v) is 2.67. The Labute approximate surface area is 99.8 Å². The standard InChI is InChI=1S/C13H15FN2O/c1-16-7-3-4-11(16)9-15-12-6-5-10(14)8-13(12)17-2/h3-8,15H,9H2,1-2H3. The van der Waals surface area contributed by atoms with Crippen molar-refractivity contribution in [1.29, 1.82) is 0 Å². The fourth-order valence-electron chi connectivity index (χ4n) is 1.68. The molecule has 0 bridgehead atoms. The van der Waals surface area contributed by atoms with Crippen molar-refractivity contribution in [2.45, 2.75) is 6.54 Å². The zero-order valence-corrected chi connectivity index (χ0v) is 9.90. The first-order valence-electron chi connectivity index (χ1n) is 5.38. The Morgan fingerprint density at radius 3 is 2.82 bits per heavy atom. The molecule has 0 saturated carbocycles. The molecule has 0 aliphatic rings. The third kappa shape index (κ3) is 2.58. The first-order chi connectivity index (χ1) is 8.20. The molecule has 1 heterocycles. The number of nitrogens with zero attached hydrogens (tertiary/aromatic N) is 1. The van der Waals surface area contributed by atoms with Crippen molar-refractivity contribution in [3.63, 3.8) is 0 Å². The van der Waals surface area contributed by atoms with Gasteiger partial charge < -0.3 is 14.6 Å². The van der Waals surface area contributed by atoms with Gasteiger partial charge in [0, 0.05) is 25.0 Å². The number of hydrogen-bond donors (Lipinski definition) is 1. The fraction of sp³-hybridized carbons (Fsp3) is 0.231.